The largest absolute Gasteiger partial charge is 0.481 e. The maximum atomic E-state index is 13.5. The van der Waals surface area contributed by atoms with Crippen molar-refractivity contribution in [1.82, 2.24) is 59.1 Å². The van der Waals surface area contributed by atoms with Gasteiger partial charge in [0.25, 0.3) is 5.97 Å². The summed E-state index contributed by atoms with van der Waals surface area (Å²) in [6.07, 6.45) is 11.9. The number of anilines is 7. The number of rotatable bonds is 26. The number of aliphatic carboxylic acids is 1. The number of ether oxygens (including phenoxy) is 3. The molecule has 4 aliphatic rings. The zero-order valence-electron chi connectivity index (χ0n) is 61.9. The van der Waals surface area contributed by atoms with Gasteiger partial charge in [0.05, 0.1) is 23.9 Å². The summed E-state index contributed by atoms with van der Waals surface area (Å²) in [6.45, 7) is 39.1. The van der Waals surface area contributed by atoms with Gasteiger partial charge in [-0.05, 0) is 94.8 Å². The first-order chi connectivity index (χ1) is 48.4. The van der Waals surface area contributed by atoms with Gasteiger partial charge in [0.1, 0.15) is 41.2 Å². The number of carbonyl (C=O) groups excluding carboxylic acids is 2. The lowest BCUT2D eigenvalue weighted by Crippen LogP contribution is -2.48. The number of hydrogen-bond donors (Lipinski definition) is 4. The number of ketones is 1. The van der Waals surface area contributed by atoms with Gasteiger partial charge in [0, 0.05) is 211 Å². The van der Waals surface area contributed by atoms with Gasteiger partial charge in [-0.25, -0.2) is 24.9 Å². The highest BCUT2D eigenvalue weighted by atomic mass is 28.4. The lowest BCUT2D eigenvalue weighted by atomic mass is 10.0. The van der Waals surface area contributed by atoms with E-state index in [0.717, 1.165) is 184 Å². The van der Waals surface area contributed by atoms with Crippen LogP contribution in [0.15, 0.2) is 97.6 Å². The van der Waals surface area contributed by atoms with Crippen molar-refractivity contribution >= 4 is 77.9 Å². The molecule has 7 aromatic rings. The predicted molar refractivity (Wildman–Crippen MR) is 409 cm³/mol. The Kier molecular flexibility index (Phi) is 29.6. The molecule has 25 nitrogen and oxygen atoms in total. The molecule has 26 heteroatoms. The van der Waals surface area contributed by atoms with Crippen LogP contribution in [0.25, 0.3) is 22.4 Å². The van der Waals surface area contributed by atoms with Crippen LogP contribution in [-0.4, -0.2) is 228 Å². The number of carboxylic acid groups (broad SMARTS) is 1. The van der Waals surface area contributed by atoms with Crippen molar-refractivity contribution in [3.8, 4) is 11.4 Å². The molecule has 4 fully saturated rings. The third-order valence-electron chi connectivity index (χ3n) is 19.4. The van der Waals surface area contributed by atoms with Crippen molar-refractivity contribution in [2.24, 2.45) is 0 Å². The van der Waals surface area contributed by atoms with Crippen molar-refractivity contribution in [1.29, 1.82) is 0 Å². The molecule has 5 aromatic heterocycles. The number of carboxylic acids is 1. The van der Waals surface area contributed by atoms with Crippen LogP contribution in [0.5, 0.6) is 0 Å². The van der Waals surface area contributed by atoms with E-state index in [1.165, 1.54) is 18.1 Å². The number of piperazine rings is 2. The fraction of sp³-hybridized carbons (Fsp3) is 0.553. The highest BCUT2D eigenvalue weighted by Crippen LogP contribution is 2.37. The zero-order chi connectivity index (χ0) is 72.2. The summed E-state index contributed by atoms with van der Waals surface area (Å²) in [5, 5.41) is 17.9. The van der Waals surface area contributed by atoms with E-state index >= 15 is 0 Å². The van der Waals surface area contributed by atoms with Crippen LogP contribution < -0.4 is 25.8 Å². The van der Waals surface area contributed by atoms with Gasteiger partial charge in [-0.1, -0.05) is 76.7 Å². The van der Waals surface area contributed by atoms with Gasteiger partial charge in [-0.15, -0.1) is 0 Å². The molecule has 9 heterocycles. The van der Waals surface area contributed by atoms with Crippen molar-refractivity contribution in [2.75, 3.05) is 145 Å². The van der Waals surface area contributed by atoms with Crippen molar-refractivity contribution in [2.45, 2.75) is 157 Å². The van der Waals surface area contributed by atoms with E-state index in [1.54, 1.807) is 32.8 Å². The van der Waals surface area contributed by atoms with E-state index < -0.39 is 14.3 Å². The summed E-state index contributed by atoms with van der Waals surface area (Å²) in [5.41, 5.74) is 7.93. The summed E-state index contributed by atoms with van der Waals surface area (Å²) < 4.78 is 24.8. The number of imidazole rings is 1. The standard InChI is InChI=1S/C39H60N8O3Si.C34H45N9O3.C2H4O2.CH4/c1-29(2)42-34-26-37(43-36-13-16-40-38(44-36)47-17-14-33(49-6)15-18-47)41-27-32(34)25-35(48)31-11-9-30(10-12-31)28-46-21-19-45(20-22-46)23-24-50-51(7,8)39(3,4)5;1-24(2)43-30-21-32(38-31-9-12-35-34(39-31)42-13-10-28(45-4)11-14-42)36-22-29(30)37-33(43)27-7-5-26(6-8-27)23-41-17-15-40(16-18-41)19-20-46-25(3)44;1-2(3)4;/h9-13,16,26-27,29,33H,14-15,17-25,28H2,1-8H3,(H2,40,41,42,43,44);5-9,12,21-22,24,28H,10-11,13-20,23H2,1-4H3,(H,35,36,38,39);1H3,(H,3,4);1H4. The number of Topliss-reactive ketones (excluding diaryl/α,β-unsaturated/α-hetero) is 1. The molecule has 2 aromatic carbocycles. The predicted octanol–water partition coefficient (Wildman–Crippen LogP) is 11.9. The third-order valence-corrected chi connectivity index (χ3v) is 23.9. The molecule has 0 amide bonds. The van der Waals surface area contributed by atoms with E-state index in [2.05, 4.69) is 174 Å². The Balaban J connectivity index is 0.000000245. The molecule has 0 bridgehead atoms. The normalized spacial score (nSPS) is 16.2. The van der Waals surface area contributed by atoms with E-state index in [9.17, 15) is 9.59 Å². The smallest absolute Gasteiger partial charge is 0.302 e. The van der Waals surface area contributed by atoms with Gasteiger partial charge in [0.2, 0.25) is 11.9 Å². The fourth-order valence-corrected chi connectivity index (χ4v) is 13.6. The molecule has 0 aliphatic carbocycles. The molecule has 0 radical (unpaired) electrons. The molecule has 554 valence electrons. The molecule has 4 saturated heterocycles. The molecule has 0 atom stereocenters. The van der Waals surface area contributed by atoms with E-state index in [0.29, 0.717) is 53.6 Å². The average molecular weight is 1420 g/mol. The molecule has 102 heavy (non-hydrogen) atoms. The number of hydrogen-bond acceptors (Lipinski definition) is 23. The van der Waals surface area contributed by atoms with Gasteiger partial charge in [-0.3, -0.25) is 34.0 Å². The van der Waals surface area contributed by atoms with Crippen LogP contribution in [0.3, 0.4) is 0 Å². The number of aromatic nitrogens is 8. The van der Waals surface area contributed by atoms with E-state index in [1.807, 2.05) is 36.5 Å². The quantitative estimate of drug-likeness (QED) is 0.0223. The number of piperidine rings is 2. The monoisotopic (exact) mass is 1420 g/mol. The van der Waals surface area contributed by atoms with Crippen molar-refractivity contribution in [3.05, 3.63) is 120 Å². The SMILES string of the molecule is C.CC(=O)O.COC1CCN(c2nccc(Nc3cc(NC(C)C)c(CC(=O)c4ccc(CN5CCN(CCO[Si](C)(C)C(C)(C)C)CC5)cc4)cn3)n2)CC1.COC1CCN(c2nccc(Nc3cc4c(cn3)nc(-c3ccc(CN5CCN(CCOC(C)=O)CC5)cc3)n4C(C)C)n2)CC1. The number of pyridine rings is 2. The lowest BCUT2D eigenvalue weighted by molar-refractivity contribution is -0.141. The zero-order valence-corrected chi connectivity index (χ0v) is 62.9. The van der Waals surface area contributed by atoms with Crippen LogP contribution in [-0.2, 0) is 47.7 Å². The topological polar surface area (TPSA) is 259 Å². The van der Waals surface area contributed by atoms with E-state index in [4.69, 9.17) is 43.5 Å². The number of methoxy groups -OCH3 is 2. The summed E-state index contributed by atoms with van der Waals surface area (Å²) in [7, 11) is 1.85. The second-order valence-corrected chi connectivity index (χ2v) is 33.6. The lowest BCUT2D eigenvalue weighted by Gasteiger charge is -2.38. The third kappa shape index (κ3) is 23.5. The minimum Gasteiger partial charge on any atom is -0.481 e. The second-order valence-electron chi connectivity index (χ2n) is 28.8. The van der Waals surface area contributed by atoms with Crippen LogP contribution in [0.4, 0.5) is 40.9 Å². The number of benzene rings is 2. The van der Waals surface area contributed by atoms with Crippen LogP contribution in [0.2, 0.25) is 18.1 Å². The first-order valence-electron chi connectivity index (χ1n) is 35.9. The molecule has 4 aliphatic heterocycles. The minimum atomic E-state index is -1.70. The molecule has 0 saturated carbocycles. The highest BCUT2D eigenvalue weighted by molar-refractivity contribution is 6.74. The molecular formula is C76H113N17O8Si. The van der Waals surface area contributed by atoms with Crippen molar-refractivity contribution < 1.29 is 38.1 Å². The fourth-order valence-electron chi connectivity index (χ4n) is 12.6. The summed E-state index contributed by atoms with van der Waals surface area (Å²) in [6, 6.07) is 25.0. The Hall–Kier alpha value is -8.08. The summed E-state index contributed by atoms with van der Waals surface area (Å²) in [4.78, 5) is 80.7. The average Bonchev–Trinajstić information content (AvgIpc) is 1.61. The Morgan fingerprint density at radius 1 is 0.608 bits per heavy atom. The summed E-state index contributed by atoms with van der Waals surface area (Å²) >= 11 is 0. The molecular weight excluding hydrogens is 1310 g/mol. The first-order valence-corrected chi connectivity index (χ1v) is 38.8. The molecule has 0 spiro atoms. The Morgan fingerprint density at radius 3 is 1.55 bits per heavy atom. The maximum Gasteiger partial charge on any atom is 0.302 e. The number of carbonyl (C=O) groups is 3. The van der Waals surface area contributed by atoms with Gasteiger partial charge >= 0.3 is 5.97 Å². The first kappa shape index (κ1) is 79.6. The van der Waals surface area contributed by atoms with Crippen LogP contribution in [0.1, 0.15) is 129 Å². The Labute approximate surface area is 605 Å². The number of fused-ring (bicyclic) bond motifs is 1. The highest BCUT2D eigenvalue weighted by Gasteiger charge is 2.37. The maximum absolute atomic E-state index is 13.5. The van der Waals surface area contributed by atoms with Crippen LogP contribution >= 0.6 is 0 Å². The number of nitrogens with one attached hydrogen (secondary N) is 3. The minimum absolute atomic E-state index is 0. The number of nitrogens with zero attached hydrogens (tertiary/aromatic N) is 14. The van der Waals surface area contributed by atoms with Crippen LogP contribution in [0, 0.1) is 0 Å². The Bertz CT molecular complexity index is 3760. The van der Waals surface area contributed by atoms with Gasteiger partial charge in [0.15, 0.2) is 14.1 Å². The molecule has 4 N–H and O–H groups in total. The summed E-state index contributed by atoms with van der Waals surface area (Å²) in [5.74, 6) is 4.12. The Morgan fingerprint density at radius 2 is 1.08 bits per heavy atom. The van der Waals surface area contributed by atoms with Crippen molar-refractivity contribution in [3.63, 3.8) is 0 Å². The van der Waals surface area contributed by atoms with E-state index in [-0.39, 0.29) is 42.7 Å². The molecule has 0 unspecified atom stereocenters. The molecule has 11 rings (SSSR count). The van der Waals surface area contributed by atoms with Gasteiger partial charge in [-0.2, -0.15) is 9.97 Å². The van der Waals surface area contributed by atoms with Gasteiger partial charge < -0.3 is 54.1 Å². The number of esters is 1. The second kappa shape index (κ2) is 37.9.